The molecule has 4 rings (SSSR count). The second-order valence-corrected chi connectivity index (χ2v) is 7.92. The average Bonchev–Trinajstić information content (AvgIpc) is 3.05. The Morgan fingerprint density at radius 3 is 2.54 bits per heavy atom. The molecule has 1 aromatic carbocycles. The maximum Gasteiger partial charge on any atom is 0.239 e. The Bertz CT molecular complexity index is 672. The first-order valence-electron chi connectivity index (χ1n) is 9.88. The Hall–Kier alpha value is -2.04. The number of nitrogens with one attached hydrogen (secondary N) is 1. The Morgan fingerprint density at radius 2 is 1.88 bits per heavy atom. The third-order valence-corrected chi connectivity index (χ3v) is 6.52. The van der Waals surface area contributed by atoms with Crippen LogP contribution in [0.5, 0.6) is 5.75 Å². The van der Waals surface area contributed by atoms with Gasteiger partial charge in [0.2, 0.25) is 11.8 Å². The number of nitrogens with zero attached hydrogens (tertiary/aromatic N) is 1. The standard InChI is InChI=1S/C21H28N2O3/c1-26-15-10-8-14(9-11-15)20-16-5-2-3-6-17(16)21(20)22-18(24)13-23-12-4-7-19(23)25/h8-11,16-17,20-21H,2-7,12-13H2,1H3,(H,22,24)/t16?,17?,20-,21-/m0/s1. The van der Waals surface area contributed by atoms with Crippen LogP contribution in [0.1, 0.15) is 50.0 Å². The van der Waals surface area contributed by atoms with Crippen LogP contribution in [0.15, 0.2) is 24.3 Å². The first-order valence-corrected chi connectivity index (χ1v) is 9.88. The van der Waals surface area contributed by atoms with Gasteiger partial charge in [0.15, 0.2) is 0 Å². The van der Waals surface area contributed by atoms with Gasteiger partial charge in [0.25, 0.3) is 0 Å². The molecule has 26 heavy (non-hydrogen) atoms. The summed E-state index contributed by atoms with van der Waals surface area (Å²) in [4.78, 5) is 26.1. The highest BCUT2D eigenvalue weighted by Crippen LogP contribution is 2.54. The smallest absolute Gasteiger partial charge is 0.239 e. The van der Waals surface area contributed by atoms with Crippen LogP contribution in [-0.2, 0) is 9.59 Å². The number of fused-ring (bicyclic) bond motifs is 1. The number of methoxy groups -OCH3 is 1. The largest absolute Gasteiger partial charge is 0.497 e. The molecule has 3 aliphatic rings. The molecule has 1 aromatic rings. The van der Waals surface area contributed by atoms with Crippen molar-refractivity contribution in [3.63, 3.8) is 0 Å². The summed E-state index contributed by atoms with van der Waals surface area (Å²) in [6.07, 6.45) is 6.44. The molecule has 3 fully saturated rings. The van der Waals surface area contributed by atoms with Gasteiger partial charge in [-0.3, -0.25) is 9.59 Å². The molecule has 1 heterocycles. The van der Waals surface area contributed by atoms with Gasteiger partial charge in [-0.15, -0.1) is 0 Å². The highest BCUT2D eigenvalue weighted by molar-refractivity contribution is 5.86. The van der Waals surface area contributed by atoms with Gasteiger partial charge in [-0.1, -0.05) is 25.0 Å². The normalized spacial score (nSPS) is 30.5. The van der Waals surface area contributed by atoms with E-state index in [1.165, 1.54) is 31.2 Å². The van der Waals surface area contributed by atoms with Gasteiger partial charge in [0.05, 0.1) is 13.7 Å². The molecule has 1 aliphatic heterocycles. The van der Waals surface area contributed by atoms with Gasteiger partial charge < -0.3 is 15.0 Å². The molecule has 0 radical (unpaired) electrons. The van der Waals surface area contributed by atoms with Crippen molar-refractivity contribution in [2.75, 3.05) is 20.2 Å². The van der Waals surface area contributed by atoms with Gasteiger partial charge >= 0.3 is 0 Å². The molecule has 0 bridgehead atoms. The fraction of sp³-hybridized carbons (Fsp3) is 0.619. The van der Waals surface area contributed by atoms with Gasteiger partial charge in [-0.25, -0.2) is 0 Å². The average molecular weight is 356 g/mol. The van der Waals surface area contributed by atoms with Crippen LogP contribution >= 0.6 is 0 Å². The fourth-order valence-electron chi connectivity index (χ4n) is 5.22. The van der Waals surface area contributed by atoms with E-state index in [2.05, 4.69) is 17.4 Å². The van der Waals surface area contributed by atoms with Crippen LogP contribution in [-0.4, -0.2) is 43.0 Å². The molecular weight excluding hydrogens is 328 g/mol. The number of benzene rings is 1. The van der Waals surface area contributed by atoms with E-state index < -0.39 is 0 Å². The summed E-state index contributed by atoms with van der Waals surface area (Å²) >= 11 is 0. The number of rotatable bonds is 5. The number of hydrogen-bond acceptors (Lipinski definition) is 3. The van der Waals surface area contributed by atoms with E-state index in [4.69, 9.17) is 4.74 Å². The molecule has 2 saturated carbocycles. The summed E-state index contributed by atoms with van der Waals surface area (Å²) in [6.45, 7) is 0.924. The van der Waals surface area contributed by atoms with Crippen molar-refractivity contribution < 1.29 is 14.3 Å². The van der Waals surface area contributed by atoms with Crippen LogP contribution in [0.4, 0.5) is 0 Å². The summed E-state index contributed by atoms with van der Waals surface area (Å²) in [5.41, 5.74) is 1.29. The zero-order valence-electron chi connectivity index (χ0n) is 15.4. The molecular formula is C21H28N2O3. The lowest BCUT2D eigenvalue weighted by molar-refractivity contribution is -0.134. The zero-order chi connectivity index (χ0) is 18.1. The van der Waals surface area contributed by atoms with E-state index in [0.717, 1.165) is 12.2 Å². The number of hydrogen-bond donors (Lipinski definition) is 1. The van der Waals surface area contributed by atoms with E-state index in [-0.39, 0.29) is 24.4 Å². The van der Waals surface area contributed by atoms with E-state index >= 15 is 0 Å². The number of amides is 2. The molecule has 5 heteroatoms. The molecule has 0 aromatic heterocycles. The van der Waals surface area contributed by atoms with Gasteiger partial charge in [0.1, 0.15) is 5.75 Å². The fourth-order valence-corrected chi connectivity index (χ4v) is 5.22. The van der Waals surface area contributed by atoms with E-state index in [1.807, 2.05) is 12.1 Å². The summed E-state index contributed by atoms with van der Waals surface area (Å²) in [6, 6.07) is 8.48. The number of carbonyl (C=O) groups excluding carboxylic acids is 2. The Morgan fingerprint density at radius 1 is 1.15 bits per heavy atom. The van der Waals surface area contributed by atoms with E-state index in [1.54, 1.807) is 12.0 Å². The van der Waals surface area contributed by atoms with Crippen LogP contribution in [0, 0.1) is 11.8 Å². The minimum Gasteiger partial charge on any atom is -0.497 e. The maximum absolute atomic E-state index is 12.6. The zero-order valence-corrected chi connectivity index (χ0v) is 15.4. The van der Waals surface area contributed by atoms with Gasteiger partial charge in [-0.05, 0) is 48.8 Å². The highest BCUT2D eigenvalue weighted by atomic mass is 16.5. The number of carbonyl (C=O) groups is 2. The lowest BCUT2D eigenvalue weighted by Gasteiger charge is -2.55. The second kappa shape index (κ2) is 7.29. The van der Waals surface area contributed by atoms with Crippen LogP contribution in [0.3, 0.4) is 0 Å². The van der Waals surface area contributed by atoms with E-state index in [9.17, 15) is 9.59 Å². The Kier molecular flexibility index (Phi) is 4.88. The summed E-state index contributed by atoms with van der Waals surface area (Å²) in [5, 5.41) is 3.28. The maximum atomic E-state index is 12.6. The second-order valence-electron chi connectivity index (χ2n) is 7.92. The third kappa shape index (κ3) is 3.19. The third-order valence-electron chi connectivity index (χ3n) is 6.52. The van der Waals surface area contributed by atoms with Gasteiger partial charge in [-0.2, -0.15) is 0 Å². The summed E-state index contributed by atoms with van der Waals surface area (Å²) in [5.74, 6) is 2.58. The van der Waals surface area contributed by atoms with Crippen molar-refractivity contribution in [3.8, 4) is 5.75 Å². The molecule has 2 unspecified atom stereocenters. The Labute approximate surface area is 155 Å². The molecule has 1 N–H and O–H groups in total. The molecule has 2 aliphatic carbocycles. The summed E-state index contributed by atoms with van der Waals surface area (Å²) in [7, 11) is 1.68. The van der Waals surface area contributed by atoms with Gasteiger partial charge in [0, 0.05) is 24.9 Å². The molecule has 140 valence electrons. The minimum absolute atomic E-state index is 0.00668. The minimum atomic E-state index is -0.00668. The topological polar surface area (TPSA) is 58.6 Å². The molecule has 4 atom stereocenters. The SMILES string of the molecule is COc1ccc([C@H]2C3CCCCC3[C@@H]2NC(=O)CN2CCCC2=O)cc1. The van der Waals surface area contributed by atoms with Crippen molar-refractivity contribution in [1.29, 1.82) is 0 Å². The van der Waals surface area contributed by atoms with Crippen LogP contribution in [0.25, 0.3) is 0 Å². The van der Waals surface area contributed by atoms with Crippen LogP contribution in [0.2, 0.25) is 0 Å². The number of likely N-dealkylation sites (tertiary alicyclic amines) is 1. The highest BCUT2D eigenvalue weighted by Gasteiger charge is 2.51. The number of ether oxygens (including phenoxy) is 1. The monoisotopic (exact) mass is 356 g/mol. The summed E-state index contributed by atoms with van der Waals surface area (Å²) < 4.78 is 5.28. The van der Waals surface area contributed by atoms with Crippen LogP contribution < -0.4 is 10.1 Å². The first-order chi connectivity index (χ1) is 12.7. The molecule has 2 amide bonds. The quantitative estimate of drug-likeness (QED) is 0.882. The molecule has 0 spiro atoms. The van der Waals surface area contributed by atoms with Crippen molar-refractivity contribution in [2.24, 2.45) is 11.8 Å². The molecule has 1 saturated heterocycles. The Balaban J connectivity index is 1.46. The predicted octanol–water partition coefficient (Wildman–Crippen LogP) is 2.71. The first kappa shape index (κ1) is 17.4. The molecule has 5 nitrogen and oxygen atoms in total. The lowest BCUT2D eigenvalue weighted by atomic mass is 9.53. The van der Waals surface area contributed by atoms with Crippen molar-refractivity contribution in [3.05, 3.63) is 29.8 Å². The van der Waals surface area contributed by atoms with Crippen molar-refractivity contribution in [2.45, 2.75) is 50.5 Å². The van der Waals surface area contributed by atoms with Crippen molar-refractivity contribution in [1.82, 2.24) is 10.2 Å². The lowest BCUT2D eigenvalue weighted by Crippen LogP contribution is -2.60. The predicted molar refractivity (Wildman–Crippen MR) is 98.9 cm³/mol. The van der Waals surface area contributed by atoms with E-state index in [0.29, 0.717) is 30.7 Å². The van der Waals surface area contributed by atoms with Crippen molar-refractivity contribution >= 4 is 11.8 Å².